The molecule has 1 saturated heterocycles. The number of unbranched alkanes of at least 4 members (excludes halogenated alkanes) is 1. The molecule has 0 saturated carbocycles. The van der Waals surface area contributed by atoms with Crippen LogP contribution in [-0.4, -0.2) is 173 Å². The number of nitrogens with one attached hydrogen (secondary N) is 10. The zero-order valence-electron chi connectivity index (χ0n) is 44.8. The highest BCUT2D eigenvalue weighted by atomic mass is 32.2. The molecule has 432 valence electrons. The second-order valence-electron chi connectivity index (χ2n) is 19.0. The van der Waals surface area contributed by atoms with E-state index in [0.29, 0.717) is 18.6 Å². The first-order chi connectivity index (χ1) is 35.9. The lowest BCUT2D eigenvalue weighted by Gasteiger charge is -2.31. The van der Waals surface area contributed by atoms with Crippen molar-refractivity contribution < 1.29 is 72.9 Å². The second kappa shape index (κ2) is 35.9. The molecule has 1 aliphatic heterocycles. The Morgan fingerprint density at radius 1 is 0.500 bits per heavy atom. The summed E-state index contributed by atoms with van der Waals surface area (Å²) in [6.07, 6.45) is 0.649. The van der Waals surface area contributed by atoms with E-state index < -0.39 is 176 Å². The van der Waals surface area contributed by atoms with Crippen molar-refractivity contribution in [2.45, 2.75) is 179 Å². The number of rotatable bonds is 24. The maximum atomic E-state index is 14.3. The fraction of sp³-hybridized carbons (Fsp3) is 0.750. The molecule has 0 aromatic rings. The molecule has 0 aromatic heterocycles. The third-order valence-corrected chi connectivity index (χ3v) is 13.8. The van der Waals surface area contributed by atoms with Crippen molar-refractivity contribution in [1.29, 1.82) is 0 Å². The van der Waals surface area contributed by atoms with Gasteiger partial charge in [-0.25, -0.2) is 4.79 Å². The van der Waals surface area contributed by atoms with Gasteiger partial charge < -0.3 is 80.0 Å². The van der Waals surface area contributed by atoms with Gasteiger partial charge in [0.1, 0.15) is 54.4 Å². The molecule has 17 N–H and O–H groups in total. The van der Waals surface area contributed by atoms with Gasteiger partial charge in [-0.05, 0) is 87.7 Å². The summed E-state index contributed by atoms with van der Waals surface area (Å²) in [5.74, 6) is -13.0. The average molecular weight is 1100 g/mol. The molecule has 1 fully saturated rings. The minimum absolute atomic E-state index is 0.0187. The van der Waals surface area contributed by atoms with Gasteiger partial charge in [-0.2, -0.15) is 11.8 Å². The van der Waals surface area contributed by atoms with E-state index in [0.717, 1.165) is 0 Å². The minimum Gasteiger partial charge on any atom is -0.481 e. The van der Waals surface area contributed by atoms with Crippen LogP contribution in [0.5, 0.6) is 0 Å². The number of carboxylic acid groups (broad SMARTS) is 2. The molecule has 76 heavy (non-hydrogen) atoms. The molecular weight excluding hydrogens is 1020 g/mol. The third-order valence-electron chi connectivity index (χ3n) is 13.2. The molecule has 1 heterocycles. The van der Waals surface area contributed by atoms with E-state index in [9.17, 15) is 72.9 Å². The summed E-state index contributed by atoms with van der Waals surface area (Å²) in [5.41, 5.74) is 10.9. The maximum Gasteiger partial charge on any atom is 0.312 e. The Hall–Kier alpha value is -6.29. The van der Waals surface area contributed by atoms with Gasteiger partial charge in [0, 0.05) is 19.4 Å². The Labute approximate surface area is 448 Å². The van der Waals surface area contributed by atoms with E-state index in [2.05, 4.69) is 53.2 Å². The Morgan fingerprint density at radius 2 is 0.816 bits per heavy atom. The van der Waals surface area contributed by atoms with Crippen LogP contribution in [0.4, 0.5) is 4.79 Å². The summed E-state index contributed by atoms with van der Waals surface area (Å²) in [6, 6.07) is -14.4. The lowest BCUT2D eigenvalue weighted by Crippen LogP contribution is -2.62. The first-order valence-corrected chi connectivity index (χ1v) is 27.3. The predicted molar refractivity (Wildman–Crippen MR) is 279 cm³/mol. The van der Waals surface area contributed by atoms with Crippen molar-refractivity contribution in [1.82, 2.24) is 53.2 Å². The number of nitrogens with two attached hydrogens (primary N) is 2. The van der Waals surface area contributed by atoms with Crippen LogP contribution in [0.15, 0.2) is 0 Å². The highest BCUT2D eigenvalue weighted by molar-refractivity contribution is 7.98. The second-order valence-corrected chi connectivity index (χ2v) is 20.0. The number of carboxylic acids is 2. The summed E-state index contributed by atoms with van der Waals surface area (Å²) in [6.45, 7) is 9.14. The summed E-state index contributed by atoms with van der Waals surface area (Å²) in [5, 5.41) is 55.0. The van der Waals surface area contributed by atoms with Crippen LogP contribution in [0.1, 0.15) is 125 Å². The third kappa shape index (κ3) is 24.1. The van der Waals surface area contributed by atoms with Crippen LogP contribution in [0.2, 0.25) is 0 Å². The average Bonchev–Trinajstić information content (AvgIpc) is 3.37. The van der Waals surface area contributed by atoms with Crippen LogP contribution in [0, 0.1) is 17.8 Å². The molecule has 0 spiro atoms. The fourth-order valence-electron chi connectivity index (χ4n) is 7.79. The zero-order valence-corrected chi connectivity index (χ0v) is 45.6. The smallest absolute Gasteiger partial charge is 0.312 e. The molecule has 0 unspecified atom stereocenters. The number of aliphatic carboxylic acids is 2. The Kier molecular flexibility index (Phi) is 32.0. The molecule has 1 aliphatic rings. The normalized spacial score (nSPS) is 25.5. The van der Waals surface area contributed by atoms with Gasteiger partial charge >= 0.3 is 18.0 Å². The summed E-state index contributed by atoms with van der Waals surface area (Å²) in [4.78, 5) is 163. The van der Waals surface area contributed by atoms with Gasteiger partial charge in [-0.15, -0.1) is 0 Å². The summed E-state index contributed by atoms with van der Waals surface area (Å²) < 4.78 is 0. The number of aliphatic hydroxyl groups excluding tert-OH is 1. The Morgan fingerprint density at radius 3 is 1.14 bits per heavy atom. The molecule has 0 aromatic carbocycles. The van der Waals surface area contributed by atoms with Crippen molar-refractivity contribution in [2.24, 2.45) is 29.2 Å². The Bertz CT molecular complexity index is 1980. The van der Waals surface area contributed by atoms with E-state index in [1.54, 1.807) is 47.8 Å². The van der Waals surface area contributed by atoms with Gasteiger partial charge in [0.2, 0.25) is 53.2 Å². The number of hydrogen-bond acceptors (Lipinski definition) is 15. The molecular formula is C48H84N12O15S. The molecule has 0 bridgehead atoms. The number of carbonyl (C=O) groups is 12. The SMILES string of the molecule is CC[C@H](C)[C@@H]1NC(=O)[C@H](CCC(=O)O)NC(=O)[C@H](CCC(=O)O)NC(=O)[C@H]([C@@H](C)CC)NC(=O)[C@H](CCSC)NC(=O)[C@H]([C@@H](C)CC)NC(=O)[C@H](CCCNC(N)=O)NC(=O)[C@H](CO)NC(=O)[C@H](CCCCN)NC1=O. The molecule has 12 atom stereocenters. The fourth-order valence-corrected chi connectivity index (χ4v) is 8.26. The molecule has 0 aliphatic carbocycles. The number of hydrogen-bond donors (Lipinski definition) is 15. The lowest BCUT2D eigenvalue weighted by atomic mass is 9.96. The van der Waals surface area contributed by atoms with E-state index in [-0.39, 0.29) is 58.0 Å². The highest BCUT2D eigenvalue weighted by Gasteiger charge is 2.38. The van der Waals surface area contributed by atoms with E-state index in [1.807, 2.05) is 0 Å². The monoisotopic (exact) mass is 1100 g/mol. The molecule has 28 heteroatoms. The minimum atomic E-state index is -1.74. The standard InChI is InChI=1S/C48H84N12O15S/c1-8-25(4)36-45(72)54-28(14-11-12-21-49)39(66)57-33(24-61)44(71)52-29(15-13-22-51-48(50)75)41(68)58-38(27(6)10-3)47(74)56-32(20-23-76-7)43(70)60-37(26(5)9-2)46(73)55-30(16-18-34(62)63)40(67)53-31(42(69)59-36)17-19-35(64)65/h25-33,36-38,61H,8-24,49H2,1-7H3,(H,52,71)(H,53,67)(H,54,72)(H,55,73)(H,56,74)(H,57,66)(H,58,68)(H,59,69)(H,60,70)(H,62,63)(H,64,65)(H3,50,51,75)/t25-,26-,27-,28-,29-,30-,31-,32-,33-,36-,37-,38-/m0/s1. The quantitative estimate of drug-likeness (QED) is 0.0446. The molecule has 11 amide bonds. The van der Waals surface area contributed by atoms with Crippen LogP contribution in [0.25, 0.3) is 0 Å². The van der Waals surface area contributed by atoms with Crippen molar-refractivity contribution >= 4 is 82.9 Å². The summed E-state index contributed by atoms with van der Waals surface area (Å²) >= 11 is 1.34. The molecule has 1 rings (SSSR count). The van der Waals surface area contributed by atoms with Crippen LogP contribution in [0.3, 0.4) is 0 Å². The van der Waals surface area contributed by atoms with Crippen LogP contribution < -0.4 is 64.6 Å². The number of urea groups is 1. The highest BCUT2D eigenvalue weighted by Crippen LogP contribution is 2.16. The van der Waals surface area contributed by atoms with Crippen molar-refractivity contribution in [3.8, 4) is 0 Å². The van der Waals surface area contributed by atoms with E-state index in [1.165, 1.54) is 11.8 Å². The molecule has 0 radical (unpaired) electrons. The number of thioether (sulfide) groups is 1. The largest absolute Gasteiger partial charge is 0.481 e. The first-order valence-electron chi connectivity index (χ1n) is 25.9. The predicted octanol–water partition coefficient (Wildman–Crippen LogP) is -2.45. The number of carbonyl (C=O) groups excluding carboxylic acids is 10. The summed E-state index contributed by atoms with van der Waals surface area (Å²) in [7, 11) is 0. The molecule has 27 nitrogen and oxygen atoms in total. The van der Waals surface area contributed by atoms with E-state index >= 15 is 0 Å². The van der Waals surface area contributed by atoms with Crippen molar-refractivity contribution in [2.75, 3.05) is 31.7 Å². The first kappa shape index (κ1) is 67.7. The van der Waals surface area contributed by atoms with Gasteiger partial charge in [0.05, 0.1) is 6.61 Å². The van der Waals surface area contributed by atoms with Gasteiger partial charge in [-0.3, -0.25) is 52.7 Å². The lowest BCUT2D eigenvalue weighted by molar-refractivity contribution is -0.140. The number of amides is 11. The maximum absolute atomic E-state index is 14.3. The van der Waals surface area contributed by atoms with Crippen molar-refractivity contribution in [3.05, 3.63) is 0 Å². The van der Waals surface area contributed by atoms with Crippen LogP contribution in [-0.2, 0) is 52.7 Å². The van der Waals surface area contributed by atoms with Crippen LogP contribution >= 0.6 is 11.8 Å². The zero-order chi connectivity index (χ0) is 57.7. The Balaban J connectivity index is 4.20. The number of aliphatic hydroxyl groups is 1. The topological polar surface area (TPSA) is 438 Å². The van der Waals surface area contributed by atoms with Gasteiger partial charge in [-0.1, -0.05) is 60.8 Å². The van der Waals surface area contributed by atoms with Gasteiger partial charge in [0.25, 0.3) is 0 Å². The van der Waals surface area contributed by atoms with Gasteiger partial charge in [0.15, 0.2) is 0 Å². The van der Waals surface area contributed by atoms with E-state index in [4.69, 9.17) is 11.5 Å². The number of primary amides is 1. The van der Waals surface area contributed by atoms with Crippen molar-refractivity contribution in [3.63, 3.8) is 0 Å².